The Kier molecular flexibility index (Phi) is 5.69. The minimum atomic E-state index is 0.0466. The van der Waals surface area contributed by atoms with E-state index >= 15 is 0 Å². The van der Waals surface area contributed by atoms with Gasteiger partial charge in [-0.3, -0.25) is 4.79 Å². The highest BCUT2D eigenvalue weighted by atomic mass is 16.5. The van der Waals surface area contributed by atoms with Gasteiger partial charge in [0.1, 0.15) is 12.4 Å². The van der Waals surface area contributed by atoms with E-state index in [1.165, 1.54) is 0 Å². The lowest BCUT2D eigenvalue weighted by Crippen LogP contribution is -2.41. The van der Waals surface area contributed by atoms with Crippen LogP contribution in [0.2, 0.25) is 0 Å². The molecule has 1 fully saturated rings. The van der Waals surface area contributed by atoms with Crippen LogP contribution in [0.5, 0.6) is 5.75 Å². The maximum Gasteiger partial charge on any atom is 0.256 e. The first kappa shape index (κ1) is 16.3. The van der Waals surface area contributed by atoms with E-state index in [-0.39, 0.29) is 5.91 Å². The highest BCUT2D eigenvalue weighted by molar-refractivity contribution is 5.99. The number of nitrogens with one attached hydrogen (secondary N) is 1. The van der Waals surface area contributed by atoms with Crippen molar-refractivity contribution in [1.82, 2.24) is 4.90 Å². The van der Waals surface area contributed by atoms with E-state index in [0.29, 0.717) is 45.0 Å². The quantitative estimate of drug-likeness (QED) is 0.829. The molecule has 0 saturated carbocycles. The first-order chi connectivity index (χ1) is 11.8. The highest BCUT2D eigenvalue weighted by Crippen LogP contribution is 2.18. The normalized spacial score (nSPS) is 14.2. The summed E-state index contributed by atoms with van der Waals surface area (Å²) in [6.07, 6.45) is 0. The van der Waals surface area contributed by atoms with Gasteiger partial charge < -0.3 is 19.7 Å². The number of carbonyl (C=O) groups is 1. The van der Waals surface area contributed by atoms with Gasteiger partial charge >= 0.3 is 0 Å². The number of hydrogen-bond acceptors (Lipinski definition) is 4. The van der Waals surface area contributed by atoms with E-state index in [0.717, 1.165) is 11.4 Å². The van der Waals surface area contributed by atoms with Gasteiger partial charge in [-0.15, -0.1) is 0 Å². The van der Waals surface area contributed by atoms with E-state index in [9.17, 15) is 4.79 Å². The zero-order chi connectivity index (χ0) is 16.6. The molecule has 2 aromatic rings. The molecule has 0 bridgehead atoms. The fraction of sp³-hybridized carbons (Fsp3) is 0.316. The molecule has 1 aliphatic rings. The molecule has 0 spiro atoms. The van der Waals surface area contributed by atoms with Crippen LogP contribution in [0, 0.1) is 0 Å². The Bertz CT molecular complexity index is 655. The number of morpholine rings is 1. The molecular weight excluding hydrogens is 304 g/mol. The third kappa shape index (κ3) is 4.26. The highest BCUT2D eigenvalue weighted by Gasteiger charge is 2.20. The largest absolute Gasteiger partial charge is 0.492 e. The number of hydrogen-bond donors (Lipinski definition) is 1. The van der Waals surface area contributed by atoms with Crippen molar-refractivity contribution in [1.29, 1.82) is 0 Å². The molecule has 126 valence electrons. The molecule has 3 rings (SSSR count). The van der Waals surface area contributed by atoms with Crippen LogP contribution >= 0.6 is 0 Å². The van der Waals surface area contributed by atoms with Crippen LogP contribution in [0.15, 0.2) is 54.6 Å². The Balaban J connectivity index is 1.56. The molecule has 0 aliphatic carbocycles. The number of nitrogens with zero attached hydrogens (tertiary/aromatic N) is 1. The van der Waals surface area contributed by atoms with E-state index < -0.39 is 0 Å². The van der Waals surface area contributed by atoms with Crippen molar-refractivity contribution in [3.05, 3.63) is 60.2 Å². The summed E-state index contributed by atoms with van der Waals surface area (Å²) < 4.78 is 11.0. The molecule has 1 amide bonds. The second kappa shape index (κ2) is 8.36. The minimum Gasteiger partial charge on any atom is -0.492 e. The van der Waals surface area contributed by atoms with Crippen molar-refractivity contribution in [2.75, 3.05) is 44.8 Å². The molecule has 0 unspecified atom stereocenters. The third-order valence-electron chi connectivity index (χ3n) is 3.89. The molecule has 1 aliphatic heterocycles. The standard InChI is InChI=1S/C19H22N2O3/c22-19(21-11-14-23-15-12-21)17-8-4-5-9-18(17)20-10-13-24-16-6-2-1-3-7-16/h1-9,20H,10-15H2. The number of ether oxygens (including phenoxy) is 2. The molecule has 1 N–H and O–H groups in total. The third-order valence-corrected chi connectivity index (χ3v) is 3.89. The predicted molar refractivity (Wildman–Crippen MR) is 93.6 cm³/mol. The molecule has 24 heavy (non-hydrogen) atoms. The number of para-hydroxylation sites is 2. The zero-order valence-corrected chi connectivity index (χ0v) is 13.6. The Labute approximate surface area is 142 Å². The summed E-state index contributed by atoms with van der Waals surface area (Å²) in [5.41, 5.74) is 1.53. The summed E-state index contributed by atoms with van der Waals surface area (Å²) in [4.78, 5) is 14.5. The first-order valence-electron chi connectivity index (χ1n) is 8.22. The summed E-state index contributed by atoms with van der Waals surface area (Å²) in [5, 5.41) is 3.30. The molecule has 0 aromatic heterocycles. The van der Waals surface area contributed by atoms with E-state index in [2.05, 4.69) is 5.32 Å². The van der Waals surface area contributed by atoms with Crippen LogP contribution in [-0.4, -0.2) is 50.3 Å². The molecule has 5 nitrogen and oxygen atoms in total. The van der Waals surface area contributed by atoms with Gasteiger partial charge in [0.25, 0.3) is 5.91 Å². The lowest BCUT2D eigenvalue weighted by molar-refractivity contribution is 0.0303. The summed E-state index contributed by atoms with van der Waals surface area (Å²) in [6.45, 7) is 3.65. The van der Waals surface area contributed by atoms with Crippen molar-refractivity contribution in [2.24, 2.45) is 0 Å². The maximum absolute atomic E-state index is 12.7. The van der Waals surface area contributed by atoms with E-state index in [1.54, 1.807) is 0 Å². The molecule has 0 atom stereocenters. The zero-order valence-electron chi connectivity index (χ0n) is 13.6. The molecule has 1 heterocycles. The van der Waals surface area contributed by atoms with Gasteiger partial charge in [-0.05, 0) is 24.3 Å². The topological polar surface area (TPSA) is 50.8 Å². The molecule has 5 heteroatoms. The average molecular weight is 326 g/mol. The lowest BCUT2D eigenvalue weighted by Gasteiger charge is -2.27. The number of rotatable bonds is 6. The van der Waals surface area contributed by atoms with Crippen LogP contribution in [0.1, 0.15) is 10.4 Å². The summed E-state index contributed by atoms with van der Waals surface area (Å²) in [7, 11) is 0. The van der Waals surface area contributed by atoms with E-state index in [1.807, 2.05) is 59.5 Å². The summed E-state index contributed by atoms with van der Waals surface area (Å²) >= 11 is 0. The monoisotopic (exact) mass is 326 g/mol. The molecule has 2 aromatic carbocycles. The van der Waals surface area contributed by atoms with Crippen LogP contribution in [0.25, 0.3) is 0 Å². The first-order valence-corrected chi connectivity index (χ1v) is 8.22. The van der Waals surface area contributed by atoms with Gasteiger partial charge in [-0.1, -0.05) is 30.3 Å². The van der Waals surface area contributed by atoms with Crippen molar-refractivity contribution < 1.29 is 14.3 Å². The van der Waals surface area contributed by atoms with Crippen LogP contribution in [-0.2, 0) is 4.74 Å². The Morgan fingerprint density at radius 2 is 1.75 bits per heavy atom. The van der Waals surface area contributed by atoms with Crippen molar-refractivity contribution >= 4 is 11.6 Å². The summed E-state index contributed by atoms with van der Waals surface area (Å²) in [5.74, 6) is 0.891. The Hall–Kier alpha value is -2.53. The van der Waals surface area contributed by atoms with Crippen molar-refractivity contribution in [3.63, 3.8) is 0 Å². The van der Waals surface area contributed by atoms with Gasteiger partial charge in [0.05, 0.1) is 18.8 Å². The Morgan fingerprint density at radius 1 is 1.04 bits per heavy atom. The van der Waals surface area contributed by atoms with Crippen LogP contribution in [0.4, 0.5) is 5.69 Å². The van der Waals surface area contributed by atoms with Crippen LogP contribution < -0.4 is 10.1 Å². The van der Waals surface area contributed by atoms with Gasteiger partial charge in [0.15, 0.2) is 0 Å². The van der Waals surface area contributed by atoms with E-state index in [4.69, 9.17) is 9.47 Å². The smallest absolute Gasteiger partial charge is 0.256 e. The van der Waals surface area contributed by atoms with Gasteiger partial charge in [0, 0.05) is 25.3 Å². The minimum absolute atomic E-state index is 0.0466. The second-order valence-electron chi connectivity index (χ2n) is 5.54. The van der Waals surface area contributed by atoms with Gasteiger partial charge in [-0.2, -0.15) is 0 Å². The summed E-state index contributed by atoms with van der Waals surface area (Å²) in [6, 6.07) is 17.3. The number of amides is 1. The van der Waals surface area contributed by atoms with Crippen molar-refractivity contribution in [3.8, 4) is 5.75 Å². The SMILES string of the molecule is O=C(c1ccccc1NCCOc1ccccc1)N1CCOCC1. The predicted octanol–water partition coefficient (Wildman–Crippen LogP) is 2.65. The van der Waals surface area contributed by atoms with Gasteiger partial charge in [-0.25, -0.2) is 0 Å². The second-order valence-corrected chi connectivity index (χ2v) is 5.54. The maximum atomic E-state index is 12.7. The fourth-order valence-electron chi connectivity index (χ4n) is 2.63. The average Bonchev–Trinajstić information content (AvgIpc) is 2.66. The molecule has 0 radical (unpaired) electrons. The van der Waals surface area contributed by atoms with Crippen LogP contribution in [0.3, 0.4) is 0 Å². The molecular formula is C19H22N2O3. The fourth-order valence-corrected chi connectivity index (χ4v) is 2.63. The Morgan fingerprint density at radius 3 is 2.54 bits per heavy atom. The molecule has 1 saturated heterocycles. The lowest BCUT2D eigenvalue weighted by atomic mass is 10.1. The number of carbonyl (C=O) groups excluding carboxylic acids is 1. The van der Waals surface area contributed by atoms with Crippen molar-refractivity contribution in [2.45, 2.75) is 0 Å². The number of benzene rings is 2. The van der Waals surface area contributed by atoms with Gasteiger partial charge in [0.2, 0.25) is 0 Å². The number of anilines is 1.